The van der Waals surface area contributed by atoms with Gasteiger partial charge in [0.1, 0.15) is 0 Å². The van der Waals surface area contributed by atoms with E-state index in [2.05, 4.69) is 17.4 Å². The van der Waals surface area contributed by atoms with Crippen molar-refractivity contribution in [2.45, 2.75) is 18.3 Å². The van der Waals surface area contributed by atoms with Crippen LogP contribution in [0.2, 0.25) is 0 Å². The number of piperidine rings is 1. The number of halogens is 1. The van der Waals surface area contributed by atoms with Crippen molar-refractivity contribution in [1.29, 1.82) is 0 Å². The fourth-order valence-electron chi connectivity index (χ4n) is 2.78. The van der Waals surface area contributed by atoms with Crippen LogP contribution >= 0.6 is 12.4 Å². The summed E-state index contributed by atoms with van der Waals surface area (Å²) in [5.41, 5.74) is 0.898. The van der Waals surface area contributed by atoms with Gasteiger partial charge in [-0.05, 0) is 45.6 Å². The van der Waals surface area contributed by atoms with Gasteiger partial charge in [0.15, 0.2) is 5.78 Å². The first kappa shape index (κ1) is 16.2. The summed E-state index contributed by atoms with van der Waals surface area (Å²) in [6.07, 6.45) is 1.81. The Hall–Kier alpha value is -0.900. The molecule has 2 rings (SSSR count). The molecule has 0 bridgehead atoms. The zero-order valence-corrected chi connectivity index (χ0v) is 12.5. The molecule has 1 saturated heterocycles. The minimum absolute atomic E-state index is 0. The van der Waals surface area contributed by atoms with Crippen LogP contribution in [0.4, 0.5) is 0 Å². The Kier molecular flexibility index (Phi) is 5.98. The summed E-state index contributed by atoms with van der Waals surface area (Å²) >= 11 is 0. The van der Waals surface area contributed by atoms with E-state index < -0.39 is 0 Å². The lowest BCUT2D eigenvalue weighted by Crippen LogP contribution is -2.48. The van der Waals surface area contributed by atoms with Crippen molar-refractivity contribution in [1.82, 2.24) is 10.2 Å². The van der Waals surface area contributed by atoms with Crippen molar-refractivity contribution >= 4 is 18.2 Å². The van der Waals surface area contributed by atoms with E-state index in [4.69, 9.17) is 0 Å². The topological polar surface area (TPSA) is 32.3 Å². The van der Waals surface area contributed by atoms with E-state index in [1.807, 2.05) is 37.2 Å². The second-order valence-electron chi connectivity index (χ2n) is 5.36. The van der Waals surface area contributed by atoms with Crippen LogP contribution in [-0.2, 0) is 10.2 Å². The van der Waals surface area contributed by atoms with Crippen LogP contribution in [0.1, 0.15) is 18.4 Å². The second-order valence-corrected chi connectivity index (χ2v) is 5.36. The summed E-state index contributed by atoms with van der Waals surface area (Å²) in [4.78, 5) is 14.6. The van der Waals surface area contributed by atoms with Crippen LogP contribution < -0.4 is 5.32 Å². The number of nitrogens with one attached hydrogen (secondary N) is 1. The Morgan fingerprint density at radius 2 is 1.79 bits per heavy atom. The van der Waals surface area contributed by atoms with Crippen molar-refractivity contribution in [3.8, 4) is 0 Å². The number of carbonyl (C=O) groups is 1. The highest BCUT2D eigenvalue weighted by molar-refractivity contribution is 5.92. The van der Waals surface area contributed by atoms with Gasteiger partial charge >= 0.3 is 0 Å². The van der Waals surface area contributed by atoms with Gasteiger partial charge in [0.25, 0.3) is 0 Å². The maximum absolute atomic E-state index is 12.7. The Labute approximate surface area is 121 Å². The maximum Gasteiger partial charge on any atom is 0.157 e. The summed E-state index contributed by atoms with van der Waals surface area (Å²) in [6.45, 7) is 2.37. The van der Waals surface area contributed by atoms with E-state index in [9.17, 15) is 4.79 Å². The van der Waals surface area contributed by atoms with E-state index in [0.717, 1.165) is 25.9 Å². The van der Waals surface area contributed by atoms with E-state index >= 15 is 0 Å². The molecule has 3 nitrogen and oxygen atoms in total. The minimum Gasteiger partial charge on any atom is -0.317 e. The smallest absolute Gasteiger partial charge is 0.157 e. The Morgan fingerprint density at radius 3 is 2.32 bits per heavy atom. The van der Waals surface area contributed by atoms with Gasteiger partial charge in [0, 0.05) is 0 Å². The molecule has 0 atom stereocenters. The second kappa shape index (κ2) is 7.04. The number of likely N-dealkylation sites (N-methyl/N-ethyl adjacent to an activating group) is 1. The number of nitrogens with zero attached hydrogens (tertiary/aromatic N) is 1. The van der Waals surface area contributed by atoms with Crippen LogP contribution in [0, 0.1) is 0 Å². The third kappa shape index (κ3) is 3.56. The van der Waals surface area contributed by atoms with Crippen molar-refractivity contribution in [2.24, 2.45) is 0 Å². The maximum atomic E-state index is 12.7. The van der Waals surface area contributed by atoms with Crippen LogP contribution in [0.25, 0.3) is 0 Å². The summed E-state index contributed by atoms with van der Waals surface area (Å²) in [5.74, 6) is 0.347. The van der Waals surface area contributed by atoms with Crippen LogP contribution in [0.5, 0.6) is 0 Å². The number of Topliss-reactive ketones (excluding diaryl/α,β-unsaturated/α-hetero) is 1. The number of rotatable bonds is 4. The number of ketones is 1. The molecule has 0 unspecified atom stereocenters. The molecule has 0 spiro atoms. The van der Waals surface area contributed by atoms with E-state index in [0.29, 0.717) is 12.3 Å². The van der Waals surface area contributed by atoms with E-state index in [1.54, 1.807) is 0 Å². The standard InChI is InChI=1S/C15H22N2O.ClH/c1-17(2)12-14(18)15(8-10-16-11-9-15)13-6-4-3-5-7-13;/h3-7,16H,8-12H2,1-2H3;1H. The van der Waals surface area contributed by atoms with Crippen LogP contribution in [0.15, 0.2) is 30.3 Å². The van der Waals surface area contributed by atoms with Gasteiger partial charge < -0.3 is 10.2 Å². The zero-order chi connectivity index (χ0) is 13.0. The molecule has 1 aromatic carbocycles. The molecule has 19 heavy (non-hydrogen) atoms. The van der Waals surface area contributed by atoms with Crippen molar-refractivity contribution in [3.05, 3.63) is 35.9 Å². The number of hydrogen-bond donors (Lipinski definition) is 1. The lowest BCUT2D eigenvalue weighted by atomic mass is 9.70. The fourth-order valence-corrected chi connectivity index (χ4v) is 2.78. The fraction of sp³-hybridized carbons (Fsp3) is 0.533. The molecule has 1 N–H and O–H groups in total. The van der Waals surface area contributed by atoms with Gasteiger partial charge in [-0.15, -0.1) is 12.4 Å². The molecule has 0 aromatic heterocycles. The molecule has 1 fully saturated rings. The Balaban J connectivity index is 0.00000180. The van der Waals surface area contributed by atoms with Crippen LogP contribution in [-0.4, -0.2) is 44.4 Å². The number of benzene rings is 1. The highest BCUT2D eigenvalue weighted by Crippen LogP contribution is 2.34. The van der Waals surface area contributed by atoms with Gasteiger partial charge in [0.05, 0.1) is 12.0 Å². The average molecular weight is 283 g/mol. The first-order valence-electron chi connectivity index (χ1n) is 6.59. The summed E-state index contributed by atoms with van der Waals surface area (Å²) in [5, 5.41) is 3.35. The summed E-state index contributed by atoms with van der Waals surface area (Å²) in [7, 11) is 3.91. The van der Waals surface area contributed by atoms with Gasteiger partial charge in [-0.3, -0.25) is 4.79 Å². The molecule has 1 aliphatic heterocycles. The largest absolute Gasteiger partial charge is 0.317 e. The molecule has 1 aliphatic rings. The first-order valence-corrected chi connectivity index (χ1v) is 6.59. The molecule has 1 aromatic rings. The van der Waals surface area contributed by atoms with Gasteiger partial charge in [-0.25, -0.2) is 0 Å². The lowest BCUT2D eigenvalue weighted by molar-refractivity contribution is -0.126. The lowest BCUT2D eigenvalue weighted by Gasteiger charge is -2.37. The molecular weight excluding hydrogens is 260 g/mol. The highest BCUT2D eigenvalue weighted by Gasteiger charge is 2.40. The third-order valence-corrected chi connectivity index (χ3v) is 3.78. The van der Waals surface area contributed by atoms with E-state index in [-0.39, 0.29) is 17.8 Å². The van der Waals surface area contributed by atoms with Gasteiger partial charge in [-0.2, -0.15) is 0 Å². The first-order chi connectivity index (χ1) is 8.65. The monoisotopic (exact) mass is 282 g/mol. The summed E-state index contributed by atoms with van der Waals surface area (Å²) < 4.78 is 0. The highest BCUT2D eigenvalue weighted by atomic mass is 35.5. The molecule has 0 saturated carbocycles. The predicted octanol–water partition coefficient (Wildman–Crippen LogP) is 1.86. The molecule has 0 aliphatic carbocycles. The minimum atomic E-state index is -0.281. The quantitative estimate of drug-likeness (QED) is 0.915. The van der Waals surface area contributed by atoms with Crippen molar-refractivity contribution in [2.75, 3.05) is 33.7 Å². The molecule has 0 radical (unpaired) electrons. The van der Waals surface area contributed by atoms with Gasteiger partial charge in [0.2, 0.25) is 0 Å². The van der Waals surface area contributed by atoms with Crippen molar-refractivity contribution < 1.29 is 4.79 Å². The van der Waals surface area contributed by atoms with Crippen molar-refractivity contribution in [3.63, 3.8) is 0 Å². The number of hydrogen-bond acceptors (Lipinski definition) is 3. The molecule has 106 valence electrons. The van der Waals surface area contributed by atoms with Gasteiger partial charge in [-0.1, -0.05) is 30.3 Å². The normalized spacial score (nSPS) is 17.8. The summed E-state index contributed by atoms with van der Waals surface area (Å²) in [6, 6.07) is 10.3. The predicted molar refractivity (Wildman–Crippen MR) is 81.0 cm³/mol. The Morgan fingerprint density at radius 1 is 1.21 bits per heavy atom. The van der Waals surface area contributed by atoms with E-state index in [1.165, 1.54) is 5.56 Å². The average Bonchev–Trinajstić information content (AvgIpc) is 2.40. The molecule has 4 heteroatoms. The third-order valence-electron chi connectivity index (χ3n) is 3.78. The zero-order valence-electron chi connectivity index (χ0n) is 11.7. The molecule has 1 heterocycles. The molecule has 0 amide bonds. The Bertz CT molecular complexity index is 400. The number of carbonyl (C=O) groups excluding carboxylic acids is 1. The SMILES string of the molecule is CN(C)CC(=O)C1(c2ccccc2)CCNCC1.Cl. The molecular formula is C15H23ClN2O. The van der Waals surface area contributed by atoms with Crippen LogP contribution in [0.3, 0.4) is 0 Å².